The molecule has 0 aliphatic heterocycles. The highest BCUT2D eigenvalue weighted by atomic mass is 35.5. The van der Waals surface area contributed by atoms with Gasteiger partial charge in [0.1, 0.15) is 4.83 Å². The Hall–Kier alpha value is -2.48. The fourth-order valence-electron chi connectivity index (χ4n) is 3.06. The van der Waals surface area contributed by atoms with Crippen LogP contribution in [0.2, 0.25) is 5.02 Å². The number of fused-ring (bicyclic) bond motifs is 1. The summed E-state index contributed by atoms with van der Waals surface area (Å²) in [5.41, 5.74) is -0.591. The molecule has 3 heterocycles. The van der Waals surface area contributed by atoms with Crippen molar-refractivity contribution in [3.05, 3.63) is 83.0 Å². The zero-order valence-electron chi connectivity index (χ0n) is 15.1. The number of aromatic nitrogens is 2. The molecule has 4 rings (SSSR count). The van der Waals surface area contributed by atoms with Crippen LogP contribution in [-0.2, 0) is 6.54 Å². The van der Waals surface area contributed by atoms with Crippen LogP contribution in [0.25, 0.3) is 15.9 Å². The van der Waals surface area contributed by atoms with Crippen molar-refractivity contribution in [1.82, 2.24) is 9.13 Å². The molecule has 8 heteroatoms. The van der Waals surface area contributed by atoms with Crippen molar-refractivity contribution in [1.29, 1.82) is 0 Å². The van der Waals surface area contributed by atoms with Crippen LogP contribution in [0, 0.1) is 13.8 Å². The number of thiophene rings is 2. The highest BCUT2D eigenvalue weighted by molar-refractivity contribution is 7.18. The largest absolute Gasteiger partial charge is 0.337 e. The zero-order chi connectivity index (χ0) is 20.0. The van der Waals surface area contributed by atoms with Crippen molar-refractivity contribution in [2.75, 3.05) is 0 Å². The van der Waals surface area contributed by atoms with Gasteiger partial charge in [-0.3, -0.25) is 14.2 Å². The maximum atomic E-state index is 13.2. The molecule has 3 aromatic heterocycles. The molecule has 0 atom stereocenters. The third-order valence-electron chi connectivity index (χ3n) is 4.32. The summed E-state index contributed by atoms with van der Waals surface area (Å²) in [7, 11) is 0. The van der Waals surface area contributed by atoms with E-state index in [9.17, 15) is 14.4 Å². The normalized spacial score (nSPS) is 11.2. The number of hydrogen-bond acceptors (Lipinski definition) is 5. The van der Waals surface area contributed by atoms with Gasteiger partial charge in [-0.2, -0.15) is 0 Å². The third-order valence-corrected chi connectivity index (χ3v) is 6.67. The molecule has 4 aromatic rings. The Kier molecular flexibility index (Phi) is 4.82. The fourth-order valence-corrected chi connectivity index (χ4v) is 5.03. The number of hydrogen-bond donors (Lipinski definition) is 0. The number of benzene rings is 1. The predicted molar refractivity (Wildman–Crippen MR) is 115 cm³/mol. The molecule has 0 aliphatic rings. The number of halogens is 1. The Morgan fingerprint density at radius 1 is 1.04 bits per heavy atom. The molecule has 5 nitrogen and oxygen atoms in total. The molecular formula is C20H15ClN2O3S2. The van der Waals surface area contributed by atoms with E-state index in [2.05, 4.69) is 0 Å². The number of aryl methyl sites for hydroxylation is 2. The first-order valence-corrected chi connectivity index (χ1v) is 10.5. The van der Waals surface area contributed by atoms with Gasteiger partial charge in [-0.1, -0.05) is 17.7 Å². The summed E-state index contributed by atoms with van der Waals surface area (Å²) in [6.07, 6.45) is 0. The minimum atomic E-state index is -0.553. The van der Waals surface area contributed by atoms with Crippen LogP contribution in [-0.4, -0.2) is 14.9 Å². The molecular weight excluding hydrogens is 416 g/mol. The van der Waals surface area contributed by atoms with Crippen molar-refractivity contribution in [3.63, 3.8) is 0 Å². The number of carbonyl (C=O) groups excluding carboxylic acids is 1. The summed E-state index contributed by atoms with van der Waals surface area (Å²) >= 11 is 8.77. The van der Waals surface area contributed by atoms with Gasteiger partial charge in [0.15, 0.2) is 5.78 Å². The Bertz CT molecular complexity index is 1340. The molecule has 0 aliphatic carbocycles. The predicted octanol–water partition coefficient (Wildman–Crippen LogP) is 4.43. The third kappa shape index (κ3) is 3.26. The summed E-state index contributed by atoms with van der Waals surface area (Å²) in [6.45, 7) is 3.66. The van der Waals surface area contributed by atoms with Gasteiger partial charge in [0.2, 0.25) is 0 Å². The summed E-state index contributed by atoms with van der Waals surface area (Å²) in [5, 5.41) is 0.833. The van der Waals surface area contributed by atoms with Gasteiger partial charge in [-0.25, -0.2) is 9.36 Å². The van der Waals surface area contributed by atoms with Gasteiger partial charge in [0.25, 0.3) is 5.56 Å². The summed E-state index contributed by atoms with van der Waals surface area (Å²) in [5.74, 6) is -0.163. The second kappa shape index (κ2) is 7.16. The highest BCUT2D eigenvalue weighted by Gasteiger charge is 2.19. The van der Waals surface area contributed by atoms with E-state index < -0.39 is 11.2 Å². The molecule has 1 aromatic carbocycles. The van der Waals surface area contributed by atoms with Crippen LogP contribution in [0.5, 0.6) is 0 Å². The molecule has 0 saturated heterocycles. The molecule has 28 heavy (non-hydrogen) atoms. The van der Waals surface area contributed by atoms with Crippen LogP contribution >= 0.6 is 34.3 Å². The van der Waals surface area contributed by atoms with E-state index in [0.29, 0.717) is 25.8 Å². The zero-order valence-corrected chi connectivity index (χ0v) is 17.5. The fraction of sp³-hybridized carbons (Fsp3) is 0.150. The van der Waals surface area contributed by atoms with Crippen LogP contribution in [0.3, 0.4) is 0 Å². The van der Waals surface area contributed by atoms with E-state index in [1.54, 1.807) is 36.4 Å². The quantitative estimate of drug-likeness (QED) is 0.450. The summed E-state index contributed by atoms with van der Waals surface area (Å²) < 4.78 is 2.46. The van der Waals surface area contributed by atoms with Crippen LogP contribution < -0.4 is 11.2 Å². The summed E-state index contributed by atoms with van der Waals surface area (Å²) in [6, 6.07) is 11.9. The van der Waals surface area contributed by atoms with Crippen molar-refractivity contribution in [2.45, 2.75) is 20.4 Å². The first-order valence-electron chi connectivity index (χ1n) is 8.47. The second-order valence-corrected chi connectivity index (χ2v) is 9.36. The van der Waals surface area contributed by atoms with Gasteiger partial charge in [0, 0.05) is 14.8 Å². The van der Waals surface area contributed by atoms with E-state index in [-0.39, 0.29) is 12.3 Å². The topological polar surface area (TPSA) is 61.1 Å². The van der Waals surface area contributed by atoms with E-state index in [1.165, 1.54) is 27.2 Å². The molecule has 0 unspecified atom stereocenters. The molecule has 0 radical (unpaired) electrons. The highest BCUT2D eigenvalue weighted by Crippen LogP contribution is 2.23. The lowest BCUT2D eigenvalue weighted by Crippen LogP contribution is -2.39. The van der Waals surface area contributed by atoms with Crippen molar-refractivity contribution in [3.8, 4) is 5.69 Å². The van der Waals surface area contributed by atoms with Crippen molar-refractivity contribution in [2.24, 2.45) is 0 Å². The Balaban J connectivity index is 1.96. The van der Waals surface area contributed by atoms with Crippen molar-refractivity contribution >= 4 is 50.3 Å². The number of Topliss-reactive ketones (excluding diaryl/α,β-unsaturated/α-hetero) is 1. The molecule has 0 bridgehead atoms. The number of rotatable bonds is 4. The SMILES string of the molecule is Cc1ccc(C(=O)Cn2c(=O)n(-c3cccc(Cl)c3)c(=O)c3cc(C)sc32)s1. The van der Waals surface area contributed by atoms with Gasteiger partial charge < -0.3 is 0 Å². The average Bonchev–Trinajstić information content (AvgIpc) is 3.24. The van der Waals surface area contributed by atoms with E-state index >= 15 is 0 Å². The second-order valence-electron chi connectivity index (χ2n) is 6.40. The van der Waals surface area contributed by atoms with Gasteiger partial charge >= 0.3 is 5.69 Å². The van der Waals surface area contributed by atoms with Gasteiger partial charge in [-0.05, 0) is 50.2 Å². The van der Waals surface area contributed by atoms with E-state index in [0.717, 1.165) is 14.3 Å². The monoisotopic (exact) mass is 430 g/mol. The molecule has 0 saturated carbocycles. The first kappa shape index (κ1) is 18.9. The molecule has 0 fully saturated rings. The average molecular weight is 431 g/mol. The molecule has 0 N–H and O–H groups in total. The number of nitrogens with zero attached hydrogens (tertiary/aromatic N) is 2. The van der Waals surface area contributed by atoms with E-state index in [1.807, 2.05) is 19.9 Å². The van der Waals surface area contributed by atoms with Gasteiger partial charge in [-0.15, -0.1) is 22.7 Å². The Labute approximate surface area is 173 Å². The summed E-state index contributed by atoms with van der Waals surface area (Å²) in [4.78, 5) is 42.0. The number of ketones is 1. The Morgan fingerprint density at radius 3 is 2.50 bits per heavy atom. The Morgan fingerprint density at radius 2 is 1.82 bits per heavy atom. The molecule has 0 spiro atoms. The standard InChI is InChI=1S/C20H15ClN2O3S2/c1-11-6-7-17(27-11)16(24)10-22-19-15(8-12(2)28-19)18(25)23(20(22)26)14-5-3-4-13(21)9-14/h3-9H,10H2,1-2H3. The minimum Gasteiger partial charge on any atom is -0.291 e. The first-order chi connectivity index (χ1) is 13.3. The van der Waals surface area contributed by atoms with Gasteiger partial charge in [0.05, 0.1) is 22.5 Å². The maximum Gasteiger partial charge on any atom is 0.337 e. The lowest BCUT2D eigenvalue weighted by Gasteiger charge is -2.11. The maximum absolute atomic E-state index is 13.2. The van der Waals surface area contributed by atoms with Crippen LogP contribution in [0.1, 0.15) is 19.4 Å². The smallest absolute Gasteiger partial charge is 0.291 e. The lowest BCUT2D eigenvalue weighted by atomic mass is 10.3. The van der Waals surface area contributed by atoms with Crippen LogP contribution in [0.4, 0.5) is 0 Å². The van der Waals surface area contributed by atoms with E-state index in [4.69, 9.17) is 11.6 Å². The molecule has 0 amide bonds. The lowest BCUT2D eigenvalue weighted by molar-refractivity contribution is 0.0975. The van der Waals surface area contributed by atoms with Crippen LogP contribution in [0.15, 0.2) is 52.1 Å². The van der Waals surface area contributed by atoms with Crippen molar-refractivity contribution < 1.29 is 4.79 Å². The minimum absolute atomic E-state index is 0.129. The number of carbonyl (C=O) groups is 1. The molecule has 142 valence electrons.